The highest BCUT2D eigenvalue weighted by atomic mass is 15.3. The van der Waals surface area contributed by atoms with Gasteiger partial charge in [0.1, 0.15) is 11.9 Å². The fourth-order valence-corrected chi connectivity index (χ4v) is 2.10. The normalized spacial score (nSPS) is 14.2. The summed E-state index contributed by atoms with van der Waals surface area (Å²) in [5.74, 6) is 0.766. The van der Waals surface area contributed by atoms with Crippen LogP contribution >= 0.6 is 0 Å². The van der Waals surface area contributed by atoms with Gasteiger partial charge in [-0.1, -0.05) is 0 Å². The van der Waals surface area contributed by atoms with E-state index < -0.39 is 0 Å². The average Bonchev–Trinajstić information content (AvgIpc) is 2.85. The second-order valence-electron chi connectivity index (χ2n) is 3.99. The largest absolute Gasteiger partial charge is 0.348 e. The molecular formula is C12H11N5. The molecule has 0 N–H and O–H groups in total. The van der Waals surface area contributed by atoms with Crippen molar-refractivity contribution < 1.29 is 0 Å². The van der Waals surface area contributed by atoms with Gasteiger partial charge in [0, 0.05) is 25.5 Å². The molecule has 17 heavy (non-hydrogen) atoms. The van der Waals surface area contributed by atoms with E-state index in [-0.39, 0.29) is 0 Å². The maximum atomic E-state index is 9.07. The zero-order valence-electron chi connectivity index (χ0n) is 9.24. The molecule has 2 aromatic rings. The van der Waals surface area contributed by atoms with Gasteiger partial charge in [-0.3, -0.25) is 0 Å². The molecule has 0 atom stereocenters. The second kappa shape index (κ2) is 3.91. The number of imidazole rings is 1. The molecule has 0 saturated heterocycles. The van der Waals surface area contributed by atoms with E-state index in [2.05, 4.69) is 25.5 Å². The highest BCUT2D eigenvalue weighted by Gasteiger charge is 2.19. The van der Waals surface area contributed by atoms with Crippen molar-refractivity contribution in [2.45, 2.75) is 13.1 Å². The molecule has 0 saturated carbocycles. The number of hydrogen-bond acceptors (Lipinski definition) is 4. The standard InChI is InChI=1S/C12H11N5/c13-6-10-2-1-3-15-12(10)16-4-5-17-9-14-7-11(17)8-16/h1-3,7,9H,4-5,8H2. The summed E-state index contributed by atoms with van der Waals surface area (Å²) in [4.78, 5) is 10.6. The summed E-state index contributed by atoms with van der Waals surface area (Å²) in [5, 5.41) is 9.07. The molecule has 0 unspecified atom stereocenters. The molecule has 0 amide bonds. The topological polar surface area (TPSA) is 57.7 Å². The summed E-state index contributed by atoms with van der Waals surface area (Å²) in [6.45, 7) is 2.50. The van der Waals surface area contributed by atoms with Gasteiger partial charge in [0.05, 0.1) is 24.1 Å². The van der Waals surface area contributed by atoms with Gasteiger partial charge in [-0.25, -0.2) is 9.97 Å². The van der Waals surface area contributed by atoms with Crippen molar-refractivity contribution in [1.82, 2.24) is 14.5 Å². The number of nitriles is 1. The molecule has 0 aromatic carbocycles. The number of anilines is 1. The van der Waals surface area contributed by atoms with E-state index in [9.17, 15) is 0 Å². The Labute approximate surface area is 99.0 Å². The fourth-order valence-electron chi connectivity index (χ4n) is 2.10. The SMILES string of the molecule is N#Cc1cccnc1N1CCn2cncc2C1. The lowest BCUT2D eigenvalue weighted by atomic mass is 10.2. The molecule has 0 spiro atoms. The molecule has 2 aromatic heterocycles. The summed E-state index contributed by atoms with van der Waals surface area (Å²) < 4.78 is 2.13. The van der Waals surface area contributed by atoms with Crippen LogP contribution in [0.4, 0.5) is 5.82 Å². The summed E-state index contributed by atoms with van der Waals surface area (Å²) in [5.41, 5.74) is 1.78. The summed E-state index contributed by atoms with van der Waals surface area (Å²) in [6, 6.07) is 5.77. The lowest BCUT2D eigenvalue weighted by Gasteiger charge is -2.29. The molecule has 1 aliphatic heterocycles. The summed E-state index contributed by atoms with van der Waals surface area (Å²) in [7, 11) is 0. The predicted molar refractivity (Wildman–Crippen MR) is 62.2 cm³/mol. The Morgan fingerprint density at radius 2 is 2.29 bits per heavy atom. The van der Waals surface area contributed by atoms with E-state index in [1.165, 1.54) is 0 Å². The molecule has 0 aliphatic carbocycles. The van der Waals surface area contributed by atoms with Crippen LogP contribution in [0.3, 0.4) is 0 Å². The average molecular weight is 225 g/mol. The van der Waals surface area contributed by atoms with Crippen LogP contribution in [0.5, 0.6) is 0 Å². The first kappa shape index (κ1) is 9.85. The van der Waals surface area contributed by atoms with Gasteiger partial charge < -0.3 is 9.47 Å². The molecule has 0 fully saturated rings. The molecule has 0 bridgehead atoms. The number of fused-ring (bicyclic) bond motifs is 1. The molecular weight excluding hydrogens is 214 g/mol. The summed E-state index contributed by atoms with van der Waals surface area (Å²) >= 11 is 0. The van der Waals surface area contributed by atoms with Crippen LogP contribution in [0.15, 0.2) is 30.9 Å². The van der Waals surface area contributed by atoms with E-state index in [1.54, 1.807) is 18.3 Å². The number of aromatic nitrogens is 3. The third kappa shape index (κ3) is 1.64. The van der Waals surface area contributed by atoms with Crippen LogP contribution in [-0.2, 0) is 13.1 Å². The van der Waals surface area contributed by atoms with Gasteiger partial charge in [-0.05, 0) is 12.1 Å². The summed E-state index contributed by atoms with van der Waals surface area (Å²) in [6.07, 6.45) is 5.43. The lowest BCUT2D eigenvalue weighted by Crippen LogP contribution is -2.34. The van der Waals surface area contributed by atoms with Crippen molar-refractivity contribution in [3.05, 3.63) is 42.1 Å². The Morgan fingerprint density at radius 1 is 1.35 bits per heavy atom. The Bertz CT molecular complexity index is 581. The van der Waals surface area contributed by atoms with Crippen molar-refractivity contribution in [3.8, 4) is 6.07 Å². The van der Waals surface area contributed by atoms with E-state index in [1.807, 2.05) is 12.5 Å². The van der Waals surface area contributed by atoms with Crippen LogP contribution in [0.2, 0.25) is 0 Å². The smallest absolute Gasteiger partial charge is 0.146 e. The minimum atomic E-state index is 0.625. The Morgan fingerprint density at radius 3 is 3.18 bits per heavy atom. The number of rotatable bonds is 1. The second-order valence-corrected chi connectivity index (χ2v) is 3.99. The van der Waals surface area contributed by atoms with Gasteiger partial charge in [-0.15, -0.1) is 0 Å². The van der Waals surface area contributed by atoms with Gasteiger partial charge >= 0.3 is 0 Å². The van der Waals surface area contributed by atoms with E-state index in [4.69, 9.17) is 5.26 Å². The maximum Gasteiger partial charge on any atom is 0.146 e. The molecule has 5 heteroatoms. The van der Waals surface area contributed by atoms with Gasteiger partial charge in [0.25, 0.3) is 0 Å². The van der Waals surface area contributed by atoms with E-state index in [0.717, 1.165) is 31.1 Å². The number of pyridine rings is 1. The lowest BCUT2D eigenvalue weighted by molar-refractivity contribution is 0.567. The number of hydrogen-bond donors (Lipinski definition) is 0. The molecule has 1 aliphatic rings. The molecule has 0 radical (unpaired) electrons. The third-order valence-corrected chi connectivity index (χ3v) is 2.97. The van der Waals surface area contributed by atoms with Crippen LogP contribution in [0, 0.1) is 11.3 Å². The van der Waals surface area contributed by atoms with Gasteiger partial charge in [0.15, 0.2) is 0 Å². The predicted octanol–water partition coefficient (Wildman–Crippen LogP) is 1.17. The van der Waals surface area contributed by atoms with Crippen LogP contribution in [0.25, 0.3) is 0 Å². The van der Waals surface area contributed by atoms with Crippen molar-refractivity contribution in [3.63, 3.8) is 0 Å². The van der Waals surface area contributed by atoms with Crippen molar-refractivity contribution in [2.75, 3.05) is 11.4 Å². The fraction of sp³-hybridized carbons (Fsp3) is 0.250. The zero-order chi connectivity index (χ0) is 11.7. The van der Waals surface area contributed by atoms with Crippen LogP contribution in [0.1, 0.15) is 11.3 Å². The molecule has 3 heterocycles. The first-order valence-electron chi connectivity index (χ1n) is 5.47. The van der Waals surface area contributed by atoms with E-state index >= 15 is 0 Å². The van der Waals surface area contributed by atoms with Crippen LogP contribution < -0.4 is 4.90 Å². The van der Waals surface area contributed by atoms with Gasteiger partial charge in [0.2, 0.25) is 0 Å². The third-order valence-electron chi connectivity index (χ3n) is 2.97. The number of nitrogens with zero attached hydrogens (tertiary/aromatic N) is 5. The Balaban J connectivity index is 1.95. The highest BCUT2D eigenvalue weighted by Crippen LogP contribution is 2.21. The first-order chi connectivity index (χ1) is 8.38. The minimum absolute atomic E-state index is 0.625. The molecule has 3 rings (SSSR count). The highest BCUT2D eigenvalue weighted by molar-refractivity contribution is 5.53. The minimum Gasteiger partial charge on any atom is -0.348 e. The first-order valence-corrected chi connectivity index (χ1v) is 5.47. The van der Waals surface area contributed by atoms with Crippen molar-refractivity contribution in [1.29, 1.82) is 5.26 Å². The zero-order valence-corrected chi connectivity index (χ0v) is 9.24. The van der Waals surface area contributed by atoms with Crippen LogP contribution in [-0.4, -0.2) is 21.1 Å². The Hall–Kier alpha value is -2.35. The molecule has 84 valence electrons. The molecule has 5 nitrogen and oxygen atoms in total. The van der Waals surface area contributed by atoms with E-state index in [0.29, 0.717) is 5.56 Å². The van der Waals surface area contributed by atoms with Gasteiger partial charge in [-0.2, -0.15) is 5.26 Å². The van der Waals surface area contributed by atoms with Crippen molar-refractivity contribution >= 4 is 5.82 Å². The maximum absolute atomic E-state index is 9.07. The van der Waals surface area contributed by atoms with Crippen molar-refractivity contribution in [2.24, 2.45) is 0 Å². The Kier molecular flexibility index (Phi) is 2.26. The monoisotopic (exact) mass is 225 g/mol. The quantitative estimate of drug-likeness (QED) is 0.731.